The predicted octanol–water partition coefficient (Wildman–Crippen LogP) is 3.89. The molecule has 0 aliphatic heterocycles. The first-order valence-electron chi connectivity index (χ1n) is 6.91. The molecule has 0 saturated carbocycles. The molecule has 0 aromatic carbocycles. The van der Waals surface area contributed by atoms with E-state index in [1.54, 1.807) is 29.9 Å². The van der Waals surface area contributed by atoms with Gasteiger partial charge in [0.05, 0.1) is 21.3 Å². The van der Waals surface area contributed by atoms with Gasteiger partial charge in [-0.3, -0.25) is 14.6 Å². The van der Waals surface area contributed by atoms with Gasteiger partial charge in [0.15, 0.2) is 6.61 Å². The van der Waals surface area contributed by atoms with Crippen molar-refractivity contribution in [3.63, 3.8) is 0 Å². The SMILES string of the molecule is O=C(Cc1csc(-c2cccnc2)n1)OCC(=O)c1ccc(Cl)s1. The van der Waals surface area contributed by atoms with Crippen LogP contribution >= 0.6 is 34.3 Å². The fraction of sp³-hybridized carbons (Fsp3) is 0.125. The lowest BCUT2D eigenvalue weighted by Gasteiger charge is -2.01. The molecule has 0 aliphatic rings. The molecule has 0 bridgehead atoms. The maximum absolute atomic E-state index is 11.9. The standard InChI is InChI=1S/C16H11ClN2O3S2/c17-14-4-3-13(24-14)12(20)8-22-15(21)6-11-9-23-16(19-11)10-2-1-5-18-7-10/h1-5,7,9H,6,8H2. The lowest BCUT2D eigenvalue weighted by atomic mass is 10.3. The molecule has 122 valence electrons. The molecule has 0 radical (unpaired) electrons. The third-order valence-electron chi connectivity index (χ3n) is 3.00. The van der Waals surface area contributed by atoms with E-state index in [1.165, 1.54) is 11.3 Å². The van der Waals surface area contributed by atoms with E-state index in [9.17, 15) is 9.59 Å². The first kappa shape index (κ1) is 16.8. The molecule has 0 spiro atoms. The smallest absolute Gasteiger partial charge is 0.312 e. The van der Waals surface area contributed by atoms with Gasteiger partial charge in [-0.05, 0) is 24.3 Å². The van der Waals surface area contributed by atoms with Crippen molar-refractivity contribution >= 4 is 46.0 Å². The van der Waals surface area contributed by atoms with E-state index in [4.69, 9.17) is 16.3 Å². The van der Waals surface area contributed by atoms with Gasteiger partial charge >= 0.3 is 5.97 Å². The van der Waals surface area contributed by atoms with Gasteiger partial charge in [0.2, 0.25) is 5.78 Å². The van der Waals surface area contributed by atoms with Gasteiger partial charge in [0.25, 0.3) is 0 Å². The zero-order chi connectivity index (χ0) is 16.9. The van der Waals surface area contributed by atoms with E-state index in [1.807, 2.05) is 12.1 Å². The summed E-state index contributed by atoms with van der Waals surface area (Å²) >= 11 is 8.36. The average molecular weight is 379 g/mol. The highest BCUT2D eigenvalue weighted by atomic mass is 35.5. The number of halogens is 1. The minimum absolute atomic E-state index is 0.0231. The van der Waals surface area contributed by atoms with E-state index in [0.29, 0.717) is 14.9 Å². The molecule has 0 saturated heterocycles. The Kier molecular flexibility index (Phi) is 5.34. The first-order valence-corrected chi connectivity index (χ1v) is 8.98. The quantitative estimate of drug-likeness (QED) is 0.480. The van der Waals surface area contributed by atoms with Crippen LogP contribution in [0.5, 0.6) is 0 Å². The highest BCUT2D eigenvalue weighted by Gasteiger charge is 2.14. The second-order valence-corrected chi connectivity index (χ2v) is 7.32. The number of ketones is 1. The van der Waals surface area contributed by atoms with Gasteiger partial charge in [0.1, 0.15) is 5.01 Å². The molecular weight excluding hydrogens is 368 g/mol. The number of ether oxygens (including phenoxy) is 1. The zero-order valence-electron chi connectivity index (χ0n) is 12.3. The molecule has 3 heterocycles. The van der Waals surface area contributed by atoms with Crippen LogP contribution in [0, 0.1) is 0 Å². The zero-order valence-corrected chi connectivity index (χ0v) is 14.7. The number of hydrogen-bond acceptors (Lipinski definition) is 7. The van der Waals surface area contributed by atoms with Crippen LogP contribution < -0.4 is 0 Å². The number of aromatic nitrogens is 2. The van der Waals surface area contributed by atoms with Gasteiger partial charge in [-0.1, -0.05) is 11.6 Å². The van der Waals surface area contributed by atoms with Crippen molar-refractivity contribution in [1.82, 2.24) is 9.97 Å². The van der Waals surface area contributed by atoms with Crippen LogP contribution in [-0.4, -0.2) is 28.3 Å². The summed E-state index contributed by atoms with van der Waals surface area (Å²) in [6.45, 7) is -0.296. The molecule has 0 amide bonds. The van der Waals surface area contributed by atoms with E-state index < -0.39 is 5.97 Å². The van der Waals surface area contributed by atoms with Crippen molar-refractivity contribution in [2.24, 2.45) is 0 Å². The molecule has 0 aliphatic carbocycles. The summed E-state index contributed by atoms with van der Waals surface area (Å²) in [5.41, 5.74) is 1.50. The Balaban J connectivity index is 1.54. The Morgan fingerprint density at radius 1 is 1.25 bits per heavy atom. The molecule has 0 atom stereocenters. The summed E-state index contributed by atoms with van der Waals surface area (Å²) in [6, 6.07) is 6.98. The van der Waals surface area contributed by atoms with Gasteiger partial charge in [-0.25, -0.2) is 4.98 Å². The Morgan fingerprint density at radius 2 is 2.12 bits per heavy atom. The number of pyridine rings is 1. The number of thiazole rings is 1. The Labute approximate surface area is 150 Å². The van der Waals surface area contributed by atoms with Gasteiger partial charge < -0.3 is 4.74 Å². The molecule has 3 aromatic rings. The van der Waals surface area contributed by atoms with Crippen LogP contribution in [0.1, 0.15) is 15.4 Å². The summed E-state index contributed by atoms with van der Waals surface area (Å²) in [4.78, 5) is 32.6. The molecule has 3 aromatic heterocycles. The second kappa shape index (κ2) is 7.65. The molecule has 8 heteroatoms. The number of rotatable bonds is 6. The number of carbonyl (C=O) groups excluding carboxylic acids is 2. The summed E-state index contributed by atoms with van der Waals surface area (Å²) in [7, 11) is 0. The molecule has 0 fully saturated rings. The molecule has 24 heavy (non-hydrogen) atoms. The number of esters is 1. The van der Waals surface area contributed by atoms with E-state index >= 15 is 0 Å². The van der Waals surface area contributed by atoms with Crippen molar-refractivity contribution in [3.05, 3.63) is 56.9 Å². The van der Waals surface area contributed by atoms with E-state index in [0.717, 1.165) is 21.9 Å². The van der Waals surface area contributed by atoms with Crippen LogP contribution in [0.3, 0.4) is 0 Å². The lowest BCUT2D eigenvalue weighted by molar-refractivity contribution is -0.141. The third kappa shape index (κ3) is 4.25. The Morgan fingerprint density at radius 3 is 2.83 bits per heavy atom. The van der Waals surface area contributed by atoms with E-state index in [2.05, 4.69) is 9.97 Å². The van der Waals surface area contributed by atoms with Gasteiger partial charge in [0, 0.05) is 23.3 Å². The maximum atomic E-state index is 11.9. The fourth-order valence-electron chi connectivity index (χ4n) is 1.89. The minimum Gasteiger partial charge on any atom is -0.457 e. The number of thiophene rings is 1. The number of nitrogens with zero attached hydrogens (tertiary/aromatic N) is 2. The molecular formula is C16H11ClN2O3S2. The first-order chi connectivity index (χ1) is 11.6. The number of Topliss-reactive ketones (excluding diaryl/α,β-unsaturated/α-hetero) is 1. The van der Waals surface area contributed by atoms with Crippen LogP contribution in [0.15, 0.2) is 42.0 Å². The number of carbonyl (C=O) groups is 2. The third-order valence-corrected chi connectivity index (χ3v) is 5.21. The molecule has 5 nitrogen and oxygen atoms in total. The van der Waals surface area contributed by atoms with Crippen molar-refractivity contribution in [2.75, 3.05) is 6.61 Å². The monoisotopic (exact) mass is 378 g/mol. The number of hydrogen-bond donors (Lipinski definition) is 0. The van der Waals surface area contributed by atoms with Crippen LogP contribution in [0.2, 0.25) is 4.34 Å². The molecule has 0 unspecified atom stereocenters. The van der Waals surface area contributed by atoms with Crippen molar-refractivity contribution in [2.45, 2.75) is 6.42 Å². The van der Waals surface area contributed by atoms with Gasteiger partial charge in [-0.2, -0.15) is 0 Å². The van der Waals surface area contributed by atoms with Crippen LogP contribution in [-0.2, 0) is 16.0 Å². The van der Waals surface area contributed by atoms with E-state index in [-0.39, 0.29) is 18.8 Å². The van der Waals surface area contributed by atoms with Crippen LogP contribution in [0.4, 0.5) is 0 Å². The Bertz CT molecular complexity index is 861. The predicted molar refractivity (Wildman–Crippen MR) is 93.7 cm³/mol. The van der Waals surface area contributed by atoms with Gasteiger partial charge in [-0.15, -0.1) is 22.7 Å². The highest BCUT2D eigenvalue weighted by Crippen LogP contribution is 2.23. The van der Waals surface area contributed by atoms with Crippen molar-refractivity contribution in [1.29, 1.82) is 0 Å². The largest absolute Gasteiger partial charge is 0.457 e. The minimum atomic E-state index is -0.492. The summed E-state index contributed by atoms with van der Waals surface area (Å²) < 4.78 is 5.54. The van der Waals surface area contributed by atoms with Crippen molar-refractivity contribution < 1.29 is 14.3 Å². The fourth-order valence-corrected chi connectivity index (χ4v) is 3.67. The maximum Gasteiger partial charge on any atom is 0.312 e. The topological polar surface area (TPSA) is 69.2 Å². The molecule has 3 rings (SSSR count). The summed E-state index contributed by atoms with van der Waals surface area (Å²) in [5, 5.41) is 2.58. The highest BCUT2D eigenvalue weighted by molar-refractivity contribution is 7.18. The van der Waals surface area contributed by atoms with Crippen LogP contribution in [0.25, 0.3) is 10.6 Å². The summed E-state index contributed by atoms with van der Waals surface area (Å²) in [5.74, 6) is -0.761. The normalized spacial score (nSPS) is 10.5. The average Bonchev–Trinajstić information content (AvgIpc) is 3.23. The Hall–Kier alpha value is -2.09. The summed E-state index contributed by atoms with van der Waals surface area (Å²) in [6.07, 6.45) is 3.42. The lowest BCUT2D eigenvalue weighted by Crippen LogP contribution is -2.15. The molecule has 0 N–H and O–H groups in total. The second-order valence-electron chi connectivity index (χ2n) is 4.75. The van der Waals surface area contributed by atoms with Crippen molar-refractivity contribution in [3.8, 4) is 10.6 Å².